The van der Waals surface area contributed by atoms with Gasteiger partial charge in [0.25, 0.3) is 0 Å². The lowest BCUT2D eigenvalue weighted by Crippen LogP contribution is -2.59. The van der Waals surface area contributed by atoms with Crippen molar-refractivity contribution < 1.29 is 27.9 Å². The van der Waals surface area contributed by atoms with Crippen molar-refractivity contribution in [3.05, 3.63) is 28.7 Å². The molecule has 0 aliphatic heterocycles. The molecular formula is C21H29BrF3N3O3. The van der Waals surface area contributed by atoms with Gasteiger partial charge in [-0.2, -0.15) is 13.2 Å². The Bertz CT molecular complexity index is 768. The number of anilines is 1. The summed E-state index contributed by atoms with van der Waals surface area (Å²) in [6, 6.07) is 6.84. The van der Waals surface area contributed by atoms with E-state index in [1.165, 1.54) is 4.90 Å². The molecule has 174 valence electrons. The van der Waals surface area contributed by atoms with Crippen molar-refractivity contribution in [1.82, 2.24) is 10.6 Å². The number of nitrogens with one attached hydrogen (secondary N) is 2. The van der Waals surface area contributed by atoms with E-state index in [9.17, 15) is 27.9 Å². The Morgan fingerprint density at radius 3 is 2.52 bits per heavy atom. The van der Waals surface area contributed by atoms with E-state index in [2.05, 4.69) is 26.6 Å². The van der Waals surface area contributed by atoms with Crippen LogP contribution in [0.15, 0.2) is 28.7 Å². The molecular weight excluding hydrogens is 479 g/mol. The molecule has 0 unspecified atom stereocenters. The van der Waals surface area contributed by atoms with Crippen molar-refractivity contribution in [3.8, 4) is 0 Å². The van der Waals surface area contributed by atoms with Gasteiger partial charge in [-0.05, 0) is 64.2 Å². The topological polar surface area (TPSA) is 81.7 Å². The van der Waals surface area contributed by atoms with Gasteiger partial charge in [0.2, 0.25) is 5.91 Å². The van der Waals surface area contributed by atoms with E-state index in [1.54, 1.807) is 24.3 Å². The minimum absolute atomic E-state index is 0.0475. The lowest BCUT2D eigenvalue weighted by Gasteiger charge is -2.45. The zero-order valence-corrected chi connectivity index (χ0v) is 19.2. The van der Waals surface area contributed by atoms with Gasteiger partial charge in [0.15, 0.2) is 5.60 Å². The number of aliphatic hydroxyl groups is 1. The van der Waals surface area contributed by atoms with Crippen LogP contribution in [0.1, 0.15) is 46.0 Å². The van der Waals surface area contributed by atoms with Crippen LogP contribution in [0.25, 0.3) is 0 Å². The highest BCUT2D eigenvalue weighted by Crippen LogP contribution is 2.49. The summed E-state index contributed by atoms with van der Waals surface area (Å²) in [5.41, 5.74) is -2.19. The van der Waals surface area contributed by atoms with Crippen LogP contribution in [0.4, 0.5) is 23.7 Å². The lowest BCUT2D eigenvalue weighted by atomic mass is 9.69. The SMILES string of the molecule is CC(C)NC(=O)NCCCCCN(c1cccc(Br)c1)C(=O)[C@H]1C[C@](O)(C(F)(F)F)C1. The average Bonchev–Trinajstić information content (AvgIpc) is 2.62. The number of alkyl halides is 3. The van der Waals surface area contributed by atoms with Gasteiger partial charge in [0, 0.05) is 35.2 Å². The second-order valence-corrected chi connectivity index (χ2v) is 9.14. The first-order chi connectivity index (χ1) is 14.4. The first-order valence-electron chi connectivity index (χ1n) is 10.3. The maximum Gasteiger partial charge on any atom is 0.417 e. The summed E-state index contributed by atoms with van der Waals surface area (Å²) in [6.07, 6.45) is -3.90. The molecule has 0 heterocycles. The normalized spacial score (nSPS) is 20.8. The van der Waals surface area contributed by atoms with Gasteiger partial charge >= 0.3 is 12.2 Å². The van der Waals surface area contributed by atoms with Crippen LogP contribution in [-0.2, 0) is 4.79 Å². The van der Waals surface area contributed by atoms with Crippen molar-refractivity contribution in [2.45, 2.75) is 63.8 Å². The molecule has 31 heavy (non-hydrogen) atoms. The van der Waals surface area contributed by atoms with Crippen molar-refractivity contribution in [3.63, 3.8) is 0 Å². The Kier molecular flexibility index (Phi) is 8.76. The van der Waals surface area contributed by atoms with Gasteiger partial charge in [-0.25, -0.2) is 4.79 Å². The number of halogens is 4. The quantitative estimate of drug-likeness (QED) is 0.434. The van der Waals surface area contributed by atoms with Crippen molar-refractivity contribution in [2.75, 3.05) is 18.0 Å². The third-order valence-corrected chi connectivity index (χ3v) is 5.69. The molecule has 1 saturated carbocycles. The zero-order valence-electron chi connectivity index (χ0n) is 17.6. The number of hydrogen-bond acceptors (Lipinski definition) is 3. The Labute approximate surface area is 188 Å². The minimum Gasteiger partial charge on any atom is -0.380 e. The first kappa shape index (κ1) is 25.5. The second-order valence-electron chi connectivity index (χ2n) is 8.22. The lowest BCUT2D eigenvalue weighted by molar-refractivity contribution is -0.295. The van der Waals surface area contributed by atoms with Crippen molar-refractivity contribution in [1.29, 1.82) is 0 Å². The number of carbonyl (C=O) groups is 2. The summed E-state index contributed by atoms with van der Waals surface area (Å²) < 4.78 is 39.5. The molecule has 3 N–H and O–H groups in total. The molecule has 1 aliphatic carbocycles. The Morgan fingerprint density at radius 2 is 1.94 bits per heavy atom. The largest absolute Gasteiger partial charge is 0.417 e. The summed E-state index contributed by atoms with van der Waals surface area (Å²) in [5, 5.41) is 15.2. The fraction of sp³-hybridized carbons (Fsp3) is 0.619. The number of urea groups is 1. The van der Waals surface area contributed by atoms with Gasteiger partial charge in [0.05, 0.1) is 0 Å². The zero-order chi connectivity index (χ0) is 23.2. The molecule has 0 atom stereocenters. The van der Waals surface area contributed by atoms with Crippen LogP contribution < -0.4 is 15.5 Å². The molecule has 3 amide bonds. The number of hydrogen-bond donors (Lipinski definition) is 3. The molecule has 1 aromatic carbocycles. The highest BCUT2D eigenvalue weighted by Gasteiger charge is 2.63. The summed E-state index contributed by atoms with van der Waals surface area (Å²) in [6.45, 7) is 4.56. The summed E-state index contributed by atoms with van der Waals surface area (Å²) in [5.74, 6) is -1.28. The van der Waals surface area contributed by atoms with Crippen LogP contribution >= 0.6 is 15.9 Å². The fourth-order valence-corrected chi connectivity index (χ4v) is 3.87. The standard InChI is InChI=1S/C21H29BrF3N3O3/c1-14(2)27-19(30)26-9-4-3-5-10-28(17-8-6-7-16(22)11-17)18(29)15-12-20(31,13-15)21(23,24)25/h6-8,11,14-15,31H,3-5,9-10,12-13H2,1-2H3,(H2,26,27,30)/t15-,20+. The van der Waals surface area contributed by atoms with Crippen LogP contribution in [0.2, 0.25) is 0 Å². The van der Waals surface area contributed by atoms with Crippen LogP contribution in [0.5, 0.6) is 0 Å². The van der Waals surface area contributed by atoms with Gasteiger partial charge < -0.3 is 20.6 Å². The first-order valence-corrected chi connectivity index (χ1v) is 11.1. The highest BCUT2D eigenvalue weighted by molar-refractivity contribution is 9.10. The van der Waals surface area contributed by atoms with Gasteiger partial charge in [-0.1, -0.05) is 22.0 Å². The Hall–Kier alpha value is -1.81. The van der Waals surface area contributed by atoms with Crippen molar-refractivity contribution in [2.24, 2.45) is 5.92 Å². The summed E-state index contributed by atoms with van der Waals surface area (Å²) >= 11 is 3.35. The summed E-state index contributed by atoms with van der Waals surface area (Å²) in [7, 11) is 0. The van der Waals surface area contributed by atoms with E-state index in [-0.39, 0.29) is 12.1 Å². The fourth-order valence-electron chi connectivity index (χ4n) is 3.48. The third kappa shape index (κ3) is 7.10. The molecule has 0 spiro atoms. The van der Waals surface area contributed by atoms with E-state index in [0.29, 0.717) is 31.6 Å². The van der Waals surface area contributed by atoms with E-state index in [0.717, 1.165) is 10.9 Å². The second kappa shape index (κ2) is 10.7. The van der Waals surface area contributed by atoms with E-state index >= 15 is 0 Å². The van der Waals surface area contributed by atoms with E-state index < -0.39 is 36.4 Å². The number of unbranched alkanes of at least 4 members (excludes halogenated alkanes) is 2. The molecule has 10 heteroatoms. The number of benzene rings is 1. The number of amides is 3. The molecule has 0 bridgehead atoms. The monoisotopic (exact) mass is 507 g/mol. The molecule has 6 nitrogen and oxygen atoms in total. The maximum atomic E-state index is 12.9. The van der Waals surface area contributed by atoms with Crippen LogP contribution in [0, 0.1) is 5.92 Å². The van der Waals surface area contributed by atoms with Gasteiger partial charge in [-0.15, -0.1) is 0 Å². The van der Waals surface area contributed by atoms with Gasteiger partial charge in [0.1, 0.15) is 0 Å². The Balaban J connectivity index is 1.90. The molecule has 1 aromatic rings. The number of nitrogens with zero attached hydrogens (tertiary/aromatic N) is 1. The highest BCUT2D eigenvalue weighted by atomic mass is 79.9. The average molecular weight is 508 g/mol. The predicted molar refractivity (Wildman–Crippen MR) is 116 cm³/mol. The molecule has 0 saturated heterocycles. The third-order valence-electron chi connectivity index (χ3n) is 5.19. The molecule has 2 rings (SSSR count). The number of carbonyl (C=O) groups excluding carboxylic acids is 2. The minimum atomic E-state index is -4.74. The summed E-state index contributed by atoms with van der Waals surface area (Å²) in [4.78, 5) is 26.0. The molecule has 0 aromatic heterocycles. The van der Waals surface area contributed by atoms with Gasteiger partial charge in [-0.3, -0.25) is 4.79 Å². The Morgan fingerprint density at radius 1 is 1.26 bits per heavy atom. The molecule has 0 radical (unpaired) electrons. The van der Waals surface area contributed by atoms with E-state index in [1.807, 2.05) is 13.8 Å². The smallest absolute Gasteiger partial charge is 0.380 e. The van der Waals surface area contributed by atoms with Crippen LogP contribution in [-0.4, -0.2) is 48.0 Å². The van der Waals surface area contributed by atoms with Crippen molar-refractivity contribution >= 4 is 33.6 Å². The number of rotatable bonds is 9. The van der Waals surface area contributed by atoms with Crippen LogP contribution in [0.3, 0.4) is 0 Å². The predicted octanol–water partition coefficient (Wildman–Crippen LogP) is 4.36. The molecule has 1 fully saturated rings. The molecule has 1 aliphatic rings. The van der Waals surface area contributed by atoms with E-state index in [4.69, 9.17) is 0 Å². The maximum absolute atomic E-state index is 12.9.